The molecule has 0 spiro atoms. The number of unbranched alkanes of at least 4 members (excludes halogenated alkanes) is 9. The van der Waals surface area contributed by atoms with Crippen LogP contribution in [0.1, 0.15) is 122 Å². The maximum absolute atomic E-state index is 5.97. The Labute approximate surface area is 274 Å². The predicted molar refractivity (Wildman–Crippen MR) is 197 cm³/mol. The second-order valence-corrected chi connectivity index (χ2v) is 13.6. The van der Waals surface area contributed by atoms with Crippen molar-refractivity contribution in [3.05, 3.63) is 129 Å². The topological polar surface area (TPSA) is 52.0 Å². The van der Waals surface area contributed by atoms with Gasteiger partial charge in [0.1, 0.15) is 0 Å². The monoisotopic (exact) mass is 602 g/mol. The summed E-state index contributed by atoms with van der Waals surface area (Å²) in [7, 11) is 0. The van der Waals surface area contributed by atoms with Crippen LogP contribution in [0.25, 0.3) is 0 Å². The highest BCUT2D eigenvalue weighted by molar-refractivity contribution is 5.46. The van der Waals surface area contributed by atoms with Crippen LogP contribution in [0.4, 0.5) is 11.4 Å². The number of nitrogen functional groups attached to an aromatic ring is 2. The summed E-state index contributed by atoms with van der Waals surface area (Å²) in [6.45, 7) is 6.61. The van der Waals surface area contributed by atoms with Gasteiger partial charge in [0.2, 0.25) is 0 Å². The van der Waals surface area contributed by atoms with Crippen molar-refractivity contribution in [2.45, 2.75) is 117 Å². The molecule has 240 valence electrons. The number of nitrogens with two attached hydrogens (primary N) is 2. The molecule has 4 rings (SSSR count). The molecule has 0 heterocycles. The summed E-state index contributed by atoms with van der Waals surface area (Å²) in [4.78, 5) is 0. The first kappa shape index (κ1) is 34.4. The van der Waals surface area contributed by atoms with E-state index < -0.39 is 0 Å². The number of hydrogen-bond donors (Lipinski definition) is 2. The number of anilines is 2. The van der Waals surface area contributed by atoms with Crippen molar-refractivity contribution < 1.29 is 0 Å². The van der Waals surface area contributed by atoms with E-state index in [0.717, 1.165) is 37.1 Å². The smallest absolute Gasteiger partial charge is 0.0316 e. The zero-order valence-electron chi connectivity index (χ0n) is 28.4. The first-order chi connectivity index (χ1) is 21.9. The van der Waals surface area contributed by atoms with Crippen LogP contribution in [-0.4, -0.2) is 0 Å². The summed E-state index contributed by atoms with van der Waals surface area (Å²) in [5.41, 5.74) is 24.5. The van der Waals surface area contributed by atoms with Gasteiger partial charge in [-0.3, -0.25) is 0 Å². The predicted octanol–water partition coefficient (Wildman–Crippen LogP) is 11.4. The van der Waals surface area contributed by atoms with Crippen molar-refractivity contribution in [2.24, 2.45) is 5.92 Å². The Morgan fingerprint density at radius 2 is 0.844 bits per heavy atom. The van der Waals surface area contributed by atoms with Crippen LogP contribution in [0.5, 0.6) is 0 Å². The normalized spacial score (nSPS) is 11.4. The molecule has 4 N–H and O–H groups in total. The minimum absolute atomic E-state index is 0.662. The summed E-state index contributed by atoms with van der Waals surface area (Å²) in [5.74, 6) is 0.662. The van der Waals surface area contributed by atoms with Gasteiger partial charge in [0.15, 0.2) is 0 Å². The molecular formula is C43H58N2. The number of aryl methyl sites for hydroxylation is 2. The van der Waals surface area contributed by atoms with Gasteiger partial charge in [-0.25, -0.2) is 0 Å². The van der Waals surface area contributed by atoms with E-state index in [2.05, 4.69) is 93.6 Å². The van der Waals surface area contributed by atoms with E-state index in [-0.39, 0.29) is 0 Å². The third kappa shape index (κ3) is 12.1. The van der Waals surface area contributed by atoms with Crippen LogP contribution in [-0.2, 0) is 25.7 Å². The van der Waals surface area contributed by atoms with Crippen LogP contribution in [0.2, 0.25) is 0 Å². The Morgan fingerprint density at radius 3 is 1.24 bits per heavy atom. The first-order valence-corrected chi connectivity index (χ1v) is 17.7. The number of rotatable bonds is 19. The molecule has 0 aliphatic carbocycles. The van der Waals surface area contributed by atoms with Gasteiger partial charge in [-0.1, -0.05) is 132 Å². The molecule has 4 aromatic carbocycles. The summed E-state index contributed by atoms with van der Waals surface area (Å²) in [6, 6.07) is 31.3. The van der Waals surface area contributed by atoms with E-state index in [1.807, 2.05) is 12.1 Å². The lowest BCUT2D eigenvalue weighted by atomic mass is 9.87. The lowest BCUT2D eigenvalue weighted by Crippen LogP contribution is -2.09. The highest BCUT2D eigenvalue weighted by atomic mass is 14.5. The summed E-state index contributed by atoms with van der Waals surface area (Å²) >= 11 is 0. The van der Waals surface area contributed by atoms with Gasteiger partial charge < -0.3 is 11.5 Å². The molecule has 0 saturated carbocycles. The van der Waals surface area contributed by atoms with E-state index in [4.69, 9.17) is 11.5 Å². The molecule has 2 heteroatoms. The van der Waals surface area contributed by atoms with Crippen molar-refractivity contribution in [2.75, 3.05) is 11.5 Å². The first-order valence-electron chi connectivity index (χ1n) is 17.7. The molecule has 0 amide bonds. The van der Waals surface area contributed by atoms with Crippen LogP contribution in [0.15, 0.2) is 84.9 Å². The lowest BCUT2D eigenvalue weighted by molar-refractivity contribution is 0.444. The minimum Gasteiger partial charge on any atom is -0.399 e. The fourth-order valence-electron chi connectivity index (χ4n) is 6.72. The van der Waals surface area contributed by atoms with Gasteiger partial charge >= 0.3 is 0 Å². The van der Waals surface area contributed by atoms with E-state index in [9.17, 15) is 0 Å². The Bertz CT molecular complexity index is 1320. The molecule has 0 aliphatic rings. The summed E-state index contributed by atoms with van der Waals surface area (Å²) in [6.07, 6.45) is 19.4. The molecule has 0 atom stereocenters. The van der Waals surface area contributed by atoms with Gasteiger partial charge in [0, 0.05) is 11.4 Å². The SMILES string of the molecule is CCCCCCCCCCCCC(Cc1ccc(Cc2ccc(N)cc2C)cc1)Cc1ccc(Cc2ccc(N)cc2C)cc1. The highest BCUT2D eigenvalue weighted by Crippen LogP contribution is 2.24. The second-order valence-electron chi connectivity index (χ2n) is 13.6. The Kier molecular flexibility index (Phi) is 14.1. The van der Waals surface area contributed by atoms with Crippen molar-refractivity contribution >= 4 is 11.4 Å². The molecule has 0 fully saturated rings. The van der Waals surface area contributed by atoms with Crippen LogP contribution in [0, 0.1) is 19.8 Å². The number of benzene rings is 4. The van der Waals surface area contributed by atoms with Crippen molar-refractivity contribution in [3.63, 3.8) is 0 Å². The summed E-state index contributed by atoms with van der Waals surface area (Å²) in [5, 5.41) is 0. The van der Waals surface area contributed by atoms with Crippen LogP contribution in [0.3, 0.4) is 0 Å². The van der Waals surface area contributed by atoms with Crippen molar-refractivity contribution in [3.8, 4) is 0 Å². The molecule has 0 unspecified atom stereocenters. The second kappa shape index (κ2) is 18.4. The van der Waals surface area contributed by atoms with Gasteiger partial charge in [-0.05, 0) is 121 Å². The standard InChI is InChI=1S/C43H58N2/c1-4-5-6-7-8-9-10-11-12-13-14-39(29-35-15-19-37(20-16-35)31-40-23-25-42(44)27-33(40)2)30-36-17-21-38(22-18-36)32-41-24-26-43(45)28-34(41)3/h15-28,39H,4-14,29-32,44-45H2,1-3H3. The third-order valence-electron chi connectivity index (χ3n) is 9.58. The van der Waals surface area contributed by atoms with Gasteiger partial charge in [0.05, 0.1) is 0 Å². The average Bonchev–Trinajstić information content (AvgIpc) is 3.02. The molecule has 0 radical (unpaired) electrons. The Morgan fingerprint density at radius 1 is 0.467 bits per heavy atom. The maximum Gasteiger partial charge on any atom is 0.0316 e. The van der Waals surface area contributed by atoms with E-state index in [1.54, 1.807) is 0 Å². The largest absolute Gasteiger partial charge is 0.399 e. The molecule has 45 heavy (non-hydrogen) atoms. The Balaban J connectivity index is 1.33. The van der Waals surface area contributed by atoms with Crippen molar-refractivity contribution in [1.29, 1.82) is 0 Å². The molecule has 0 aliphatic heterocycles. The zero-order chi connectivity index (χ0) is 31.9. The van der Waals surface area contributed by atoms with E-state index >= 15 is 0 Å². The van der Waals surface area contributed by atoms with Crippen LogP contribution >= 0.6 is 0 Å². The third-order valence-corrected chi connectivity index (χ3v) is 9.58. The fraction of sp³-hybridized carbons (Fsp3) is 0.442. The lowest BCUT2D eigenvalue weighted by Gasteiger charge is -2.18. The molecular weight excluding hydrogens is 544 g/mol. The Hall–Kier alpha value is -3.52. The molecule has 0 saturated heterocycles. The number of hydrogen-bond acceptors (Lipinski definition) is 2. The van der Waals surface area contributed by atoms with Gasteiger partial charge in [0.25, 0.3) is 0 Å². The van der Waals surface area contributed by atoms with E-state index in [1.165, 1.54) is 115 Å². The van der Waals surface area contributed by atoms with E-state index in [0.29, 0.717) is 5.92 Å². The molecule has 2 nitrogen and oxygen atoms in total. The molecule has 0 bridgehead atoms. The van der Waals surface area contributed by atoms with Crippen molar-refractivity contribution in [1.82, 2.24) is 0 Å². The van der Waals surface area contributed by atoms with Gasteiger partial charge in [-0.15, -0.1) is 0 Å². The summed E-state index contributed by atoms with van der Waals surface area (Å²) < 4.78 is 0. The van der Waals surface area contributed by atoms with Crippen LogP contribution < -0.4 is 11.5 Å². The molecule has 0 aromatic heterocycles. The average molecular weight is 603 g/mol. The minimum atomic E-state index is 0.662. The highest BCUT2D eigenvalue weighted by Gasteiger charge is 2.12. The van der Waals surface area contributed by atoms with Gasteiger partial charge in [-0.2, -0.15) is 0 Å². The molecule has 4 aromatic rings. The zero-order valence-corrected chi connectivity index (χ0v) is 28.4. The quantitative estimate of drug-likeness (QED) is 0.0828. The fourth-order valence-corrected chi connectivity index (χ4v) is 6.72. The maximum atomic E-state index is 5.97.